The first-order valence-corrected chi connectivity index (χ1v) is 9.41. The SMILES string of the molecule is CC[C@H](NC(=O)c1nc(-c2ccc(C)cc2F)n2c1CNCCC2)C(=O)OC. The van der Waals surface area contributed by atoms with Gasteiger partial charge in [-0.1, -0.05) is 13.0 Å². The molecule has 1 aliphatic heterocycles. The normalized spacial score (nSPS) is 14.7. The van der Waals surface area contributed by atoms with E-state index in [2.05, 4.69) is 15.6 Å². The van der Waals surface area contributed by atoms with E-state index >= 15 is 0 Å². The lowest BCUT2D eigenvalue weighted by Crippen LogP contribution is -2.41. The molecule has 7 nitrogen and oxygen atoms in total. The lowest BCUT2D eigenvalue weighted by Gasteiger charge is -2.14. The number of hydrogen-bond acceptors (Lipinski definition) is 5. The molecule has 0 saturated carbocycles. The summed E-state index contributed by atoms with van der Waals surface area (Å²) in [6, 6.07) is 4.20. The minimum atomic E-state index is -0.756. The third-order valence-corrected chi connectivity index (χ3v) is 4.88. The highest BCUT2D eigenvalue weighted by molar-refractivity contribution is 5.96. The topological polar surface area (TPSA) is 85.3 Å². The second-order valence-electron chi connectivity index (χ2n) is 6.85. The number of hydrogen-bond donors (Lipinski definition) is 2. The summed E-state index contributed by atoms with van der Waals surface area (Å²) in [4.78, 5) is 29.2. The van der Waals surface area contributed by atoms with Crippen LogP contribution in [0.4, 0.5) is 4.39 Å². The van der Waals surface area contributed by atoms with Crippen LogP contribution < -0.4 is 10.6 Å². The molecule has 2 N–H and O–H groups in total. The van der Waals surface area contributed by atoms with Crippen molar-refractivity contribution in [2.45, 2.75) is 45.8 Å². The maximum atomic E-state index is 14.6. The van der Waals surface area contributed by atoms with E-state index < -0.39 is 17.9 Å². The smallest absolute Gasteiger partial charge is 0.328 e. The van der Waals surface area contributed by atoms with Crippen LogP contribution in [0.5, 0.6) is 0 Å². The standard InChI is InChI=1S/C20H25FN4O3/c1-4-15(20(27)28-3)23-19(26)17-16-11-22-8-5-9-25(16)18(24-17)13-7-6-12(2)10-14(13)21/h6-7,10,15,22H,4-5,8-9,11H2,1-3H3,(H,23,26)/t15-/m0/s1. The molecule has 3 rings (SSSR count). The fraction of sp³-hybridized carbons (Fsp3) is 0.450. The molecule has 8 heteroatoms. The number of rotatable bonds is 5. The molecule has 2 aromatic rings. The Bertz CT molecular complexity index is 894. The number of fused-ring (bicyclic) bond motifs is 1. The zero-order chi connectivity index (χ0) is 20.3. The predicted octanol–water partition coefficient (Wildman–Crippen LogP) is 2.17. The lowest BCUT2D eigenvalue weighted by molar-refractivity contribution is -0.142. The van der Waals surface area contributed by atoms with E-state index in [0.29, 0.717) is 36.6 Å². The number of carbonyl (C=O) groups is 2. The van der Waals surface area contributed by atoms with Gasteiger partial charge in [0.15, 0.2) is 5.69 Å². The van der Waals surface area contributed by atoms with Crippen molar-refractivity contribution < 1.29 is 18.7 Å². The van der Waals surface area contributed by atoms with Crippen LogP contribution in [-0.2, 0) is 22.6 Å². The maximum absolute atomic E-state index is 14.6. The third kappa shape index (κ3) is 3.91. The number of aromatic nitrogens is 2. The Balaban J connectivity index is 2.03. The zero-order valence-electron chi connectivity index (χ0n) is 16.3. The van der Waals surface area contributed by atoms with Crippen molar-refractivity contribution in [2.24, 2.45) is 0 Å². The van der Waals surface area contributed by atoms with Crippen LogP contribution in [0.2, 0.25) is 0 Å². The third-order valence-electron chi connectivity index (χ3n) is 4.88. The van der Waals surface area contributed by atoms with Crippen molar-refractivity contribution in [3.63, 3.8) is 0 Å². The highest BCUT2D eigenvalue weighted by Gasteiger charge is 2.28. The van der Waals surface area contributed by atoms with Crippen LogP contribution in [0.3, 0.4) is 0 Å². The average molecular weight is 388 g/mol. The van der Waals surface area contributed by atoms with Gasteiger partial charge in [0.2, 0.25) is 0 Å². The quantitative estimate of drug-likeness (QED) is 0.767. The van der Waals surface area contributed by atoms with Crippen LogP contribution in [0.1, 0.15) is 41.5 Å². The molecule has 1 amide bonds. The van der Waals surface area contributed by atoms with Gasteiger partial charge < -0.3 is 19.9 Å². The zero-order valence-corrected chi connectivity index (χ0v) is 16.3. The summed E-state index contributed by atoms with van der Waals surface area (Å²) in [6.07, 6.45) is 1.23. The lowest BCUT2D eigenvalue weighted by atomic mass is 10.1. The Labute approximate surface area is 163 Å². The minimum Gasteiger partial charge on any atom is -0.467 e. The van der Waals surface area contributed by atoms with Crippen molar-refractivity contribution in [1.82, 2.24) is 20.2 Å². The Morgan fingerprint density at radius 1 is 1.43 bits per heavy atom. The van der Waals surface area contributed by atoms with Crippen LogP contribution in [0, 0.1) is 12.7 Å². The molecule has 28 heavy (non-hydrogen) atoms. The van der Waals surface area contributed by atoms with Gasteiger partial charge >= 0.3 is 5.97 Å². The molecule has 0 unspecified atom stereocenters. The second kappa shape index (κ2) is 8.52. The molecule has 2 heterocycles. The van der Waals surface area contributed by atoms with E-state index in [1.807, 2.05) is 17.6 Å². The summed E-state index contributed by atoms with van der Waals surface area (Å²) in [7, 11) is 1.28. The van der Waals surface area contributed by atoms with Gasteiger partial charge in [-0.15, -0.1) is 0 Å². The van der Waals surface area contributed by atoms with E-state index in [9.17, 15) is 14.0 Å². The van der Waals surface area contributed by atoms with Crippen molar-refractivity contribution in [3.05, 3.63) is 41.0 Å². The molecule has 150 valence electrons. The fourth-order valence-corrected chi connectivity index (χ4v) is 3.36. The maximum Gasteiger partial charge on any atom is 0.328 e. The number of esters is 1. The number of methoxy groups -OCH3 is 1. The van der Waals surface area contributed by atoms with Gasteiger partial charge in [-0.05, 0) is 44.0 Å². The molecule has 0 fully saturated rings. The Hall–Kier alpha value is -2.74. The molecule has 0 bridgehead atoms. The highest BCUT2D eigenvalue weighted by Crippen LogP contribution is 2.27. The monoisotopic (exact) mass is 388 g/mol. The summed E-state index contributed by atoms with van der Waals surface area (Å²) in [5.74, 6) is -0.932. The highest BCUT2D eigenvalue weighted by atomic mass is 19.1. The Morgan fingerprint density at radius 3 is 2.89 bits per heavy atom. The van der Waals surface area contributed by atoms with Crippen molar-refractivity contribution in [3.8, 4) is 11.4 Å². The summed E-state index contributed by atoms with van der Waals surface area (Å²) in [5.41, 5.74) is 2.05. The first kappa shape index (κ1) is 20.0. The summed E-state index contributed by atoms with van der Waals surface area (Å²) in [5, 5.41) is 5.94. The molecule has 1 aromatic heterocycles. The van der Waals surface area contributed by atoms with Crippen molar-refractivity contribution >= 4 is 11.9 Å². The number of aryl methyl sites for hydroxylation is 1. The van der Waals surface area contributed by atoms with E-state index in [-0.39, 0.29) is 11.5 Å². The number of ether oxygens (including phenoxy) is 1. The van der Waals surface area contributed by atoms with E-state index in [1.165, 1.54) is 13.2 Å². The first-order valence-electron chi connectivity index (χ1n) is 9.41. The van der Waals surface area contributed by atoms with Crippen molar-refractivity contribution in [2.75, 3.05) is 13.7 Å². The summed E-state index contributed by atoms with van der Waals surface area (Å²) >= 11 is 0. The van der Waals surface area contributed by atoms with Gasteiger partial charge in [0.05, 0.1) is 18.4 Å². The molecule has 0 aliphatic carbocycles. The van der Waals surface area contributed by atoms with Gasteiger partial charge in [-0.3, -0.25) is 4.79 Å². The molecule has 1 atom stereocenters. The average Bonchev–Trinajstić information content (AvgIpc) is 2.86. The number of benzene rings is 1. The number of halogens is 1. The van der Waals surface area contributed by atoms with Crippen LogP contribution in [0.15, 0.2) is 18.2 Å². The molecular weight excluding hydrogens is 363 g/mol. The fourth-order valence-electron chi connectivity index (χ4n) is 3.36. The van der Waals surface area contributed by atoms with E-state index in [1.54, 1.807) is 13.0 Å². The molecule has 1 aliphatic rings. The van der Waals surface area contributed by atoms with Crippen LogP contribution >= 0.6 is 0 Å². The summed E-state index contributed by atoms with van der Waals surface area (Å²) < 4.78 is 21.2. The van der Waals surface area contributed by atoms with Gasteiger partial charge in [0.1, 0.15) is 17.7 Å². The second-order valence-corrected chi connectivity index (χ2v) is 6.85. The van der Waals surface area contributed by atoms with Gasteiger partial charge in [-0.25, -0.2) is 14.2 Å². The first-order chi connectivity index (χ1) is 13.5. The number of imidazole rings is 1. The van der Waals surface area contributed by atoms with Crippen LogP contribution in [0.25, 0.3) is 11.4 Å². The molecule has 0 spiro atoms. The molecule has 0 saturated heterocycles. The molecule has 0 radical (unpaired) electrons. The molecule has 1 aromatic carbocycles. The van der Waals surface area contributed by atoms with E-state index in [0.717, 1.165) is 18.5 Å². The van der Waals surface area contributed by atoms with Gasteiger partial charge in [-0.2, -0.15) is 0 Å². The number of amides is 1. The number of nitrogens with one attached hydrogen (secondary N) is 2. The molecular formula is C20H25FN4O3. The minimum absolute atomic E-state index is 0.201. The Kier molecular flexibility index (Phi) is 6.08. The van der Waals surface area contributed by atoms with E-state index in [4.69, 9.17) is 4.74 Å². The predicted molar refractivity (Wildman–Crippen MR) is 102 cm³/mol. The summed E-state index contributed by atoms with van der Waals surface area (Å²) in [6.45, 7) is 5.46. The number of nitrogens with zero attached hydrogens (tertiary/aromatic N) is 2. The Morgan fingerprint density at radius 2 is 2.21 bits per heavy atom. The van der Waals surface area contributed by atoms with Crippen molar-refractivity contribution in [1.29, 1.82) is 0 Å². The largest absolute Gasteiger partial charge is 0.467 e. The van der Waals surface area contributed by atoms with Gasteiger partial charge in [0, 0.05) is 13.1 Å². The van der Waals surface area contributed by atoms with Gasteiger partial charge in [0.25, 0.3) is 5.91 Å². The van der Waals surface area contributed by atoms with Crippen LogP contribution in [-0.4, -0.2) is 41.1 Å². The number of carbonyl (C=O) groups excluding carboxylic acids is 2.